The molecule has 0 aromatic carbocycles. The Morgan fingerprint density at radius 2 is 2.27 bits per heavy atom. The Balaban J connectivity index is 1.66. The molecule has 0 spiro atoms. The van der Waals surface area contributed by atoms with E-state index in [1.165, 1.54) is 4.68 Å². The second kappa shape index (κ2) is 4.87. The van der Waals surface area contributed by atoms with Crippen LogP contribution in [0.1, 0.15) is 21.7 Å². The molecule has 0 saturated heterocycles. The molecule has 22 heavy (non-hydrogen) atoms. The quantitative estimate of drug-likeness (QED) is 0.668. The Hall–Kier alpha value is -2.83. The van der Waals surface area contributed by atoms with Gasteiger partial charge in [0.25, 0.3) is 5.91 Å². The molecule has 0 unspecified atom stereocenters. The summed E-state index contributed by atoms with van der Waals surface area (Å²) in [7, 11) is 1.75. The Morgan fingerprint density at radius 1 is 1.36 bits per heavy atom. The second-order valence-corrected chi connectivity index (χ2v) is 5.40. The number of nitrogens with zero attached hydrogens (tertiary/aromatic N) is 6. The van der Waals surface area contributed by atoms with Crippen molar-refractivity contribution >= 4 is 16.9 Å². The van der Waals surface area contributed by atoms with E-state index in [2.05, 4.69) is 26.3 Å². The molecule has 0 atom stereocenters. The minimum Gasteiger partial charge on any atom is -0.332 e. The summed E-state index contributed by atoms with van der Waals surface area (Å²) in [6, 6.07) is 5.95. The smallest absolute Gasteiger partial charge is 0.276 e. The zero-order valence-corrected chi connectivity index (χ0v) is 12.1. The average Bonchev–Trinajstić information content (AvgIpc) is 2.98. The molecule has 4 rings (SSSR count). The molecule has 1 aliphatic rings. The maximum absolute atomic E-state index is 12.5. The highest BCUT2D eigenvalue weighted by Gasteiger charge is 2.24. The molecule has 1 aliphatic heterocycles. The van der Waals surface area contributed by atoms with E-state index in [4.69, 9.17) is 0 Å². The van der Waals surface area contributed by atoms with Gasteiger partial charge in [0.05, 0.1) is 6.20 Å². The van der Waals surface area contributed by atoms with E-state index in [9.17, 15) is 4.79 Å². The van der Waals surface area contributed by atoms with Crippen LogP contribution in [0.15, 0.2) is 30.6 Å². The van der Waals surface area contributed by atoms with E-state index in [1.54, 1.807) is 24.3 Å². The number of pyridine rings is 2. The molecule has 3 aromatic rings. The van der Waals surface area contributed by atoms with Crippen molar-refractivity contribution in [2.75, 3.05) is 6.54 Å². The van der Waals surface area contributed by atoms with Crippen LogP contribution in [0.2, 0.25) is 0 Å². The van der Waals surface area contributed by atoms with Crippen molar-refractivity contribution in [1.82, 2.24) is 29.9 Å². The first kappa shape index (κ1) is 12.9. The number of fused-ring (bicyclic) bond motifs is 2. The molecule has 0 saturated carbocycles. The number of aromatic nitrogens is 5. The molecule has 7 heteroatoms. The molecule has 0 N–H and O–H groups in total. The van der Waals surface area contributed by atoms with Crippen LogP contribution in [0.25, 0.3) is 11.0 Å². The SMILES string of the molecule is Cn1cc(C(=O)N2CCc3nc4ncccc4cc3C2)nn1. The number of aryl methyl sites for hydroxylation is 1. The summed E-state index contributed by atoms with van der Waals surface area (Å²) in [5, 5.41) is 8.70. The topological polar surface area (TPSA) is 76.8 Å². The van der Waals surface area contributed by atoms with Crippen molar-refractivity contribution in [1.29, 1.82) is 0 Å². The molecule has 0 fully saturated rings. The van der Waals surface area contributed by atoms with Crippen LogP contribution >= 0.6 is 0 Å². The van der Waals surface area contributed by atoms with Crippen molar-refractivity contribution in [3.05, 3.63) is 47.5 Å². The van der Waals surface area contributed by atoms with Crippen molar-refractivity contribution in [3.63, 3.8) is 0 Å². The monoisotopic (exact) mass is 294 g/mol. The zero-order chi connectivity index (χ0) is 15.1. The first-order valence-electron chi connectivity index (χ1n) is 7.10. The fourth-order valence-electron chi connectivity index (χ4n) is 2.75. The van der Waals surface area contributed by atoms with E-state index >= 15 is 0 Å². The molecule has 7 nitrogen and oxygen atoms in total. The summed E-state index contributed by atoms with van der Waals surface area (Å²) in [5.41, 5.74) is 3.23. The summed E-state index contributed by atoms with van der Waals surface area (Å²) in [6.45, 7) is 1.18. The molecule has 110 valence electrons. The minimum atomic E-state index is -0.0926. The van der Waals surface area contributed by atoms with Crippen molar-refractivity contribution in [3.8, 4) is 0 Å². The highest BCUT2D eigenvalue weighted by Crippen LogP contribution is 2.22. The van der Waals surface area contributed by atoms with Crippen LogP contribution in [-0.2, 0) is 20.0 Å². The van der Waals surface area contributed by atoms with Gasteiger partial charge in [-0.05, 0) is 23.8 Å². The van der Waals surface area contributed by atoms with E-state index in [0.29, 0.717) is 18.8 Å². The van der Waals surface area contributed by atoms with Crippen molar-refractivity contribution in [2.24, 2.45) is 7.05 Å². The number of hydrogen-bond acceptors (Lipinski definition) is 5. The van der Waals surface area contributed by atoms with Crippen LogP contribution < -0.4 is 0 Å². The van der Waals surface area contributed by atoms with Gasteiger partial charge in [-0.3, -0.25) is 9.48 Å². The number of amides is 1. The van der Waals surface area contributed by atoms with Gasteiger partial charge in [-0.25, -0.2) is 9.97 Å². The fourth-order valence-corrected chi connectivity index (χ4v) is 2.75. The van der Waals surface area contributed by atoms with E-state index in [1.807, 2.05) is 12.1 Å². The lowest BCUT2D eigenvalue weighted by Gasteiger charge is -2.27. The third-order valence-electron chi connectivity index (χ3n) is 3.85. The summed E-state index contributed by atoms with van der Waals surface area (Å²) in [5.74, 6) is -0.0926. The lowest BCUT2D eigenvalue weighted by Crippen LogP contribution is -2.36. The van der Waals surface area contributed by atoms with Gasteiger partial charge in [0.1, 0.15) is 0 Å². The summed E-state index contributed by atoms with van der Waals surface area (Å²) >= 11 is 0. The van der Waals surface area contributed by atoms with Crippen molar-refractivity contribution in [2.45, 2.75) is 13.0 Å². The molecule has 0 radical (unpaired) electrons. The van der Waals surface area contributed by atoms with Crippen LogP contribution in [0, 0.1) is 0 Å². The first-order chi connectivity index (χ1) is 10.7. The molecular weight excluding hydrogens is 280 g/mol. The Morgan fingerprint density at radius 3 is 3.09 bits per heavy atom. The normalized spacial score (nSPS) is 14.1. The summed E-state index contributed by atoms with van der Waals surface area (Å²) < 4.78 is 1.53. The van der Waals surface area contributed by atoms with E-state index in [0.717, 1.165) is 28.7 Å². The highest BCUT2D eigenvalue weighted by atomic mass is 16.2. The van der Waals surface area contributed by atoms with E-state index in [-0.39, 0.29) is 5.91 Å². The standard InChI is InChI=1S/C15H14N6O/c1-20-9-13(18-19-20)15(22)21-6-4-12-11(8-21)7-10-3-2-5-16-14(10)17-12/h2-3,5,7,9H,4,6,8H2,1H3. The largest absolute Gasteiger partial charge is 0.332 e. The second-order valence-electron chi connectivity index (χ2n) is 5.40. The van der Waals surface area contributed by atoms with Gasteiger partial charge in [-0.15, -0.1) is 5.10 Å². The maximum Gasteiger partial charge on any atom is 0.276 e. The van der Waals surface area contributed by atoms with Gasteiger partial charge in [0.2, 0.25) is 0 Å². The van der Waals surface area contributed by atoms with Gasteiger partial charge in [0.15, 0.2) is 11.3 Å². The molecule has 0 aliphatic carbocycles. The average molecular weight is 294 g/mol. The van der Waals surface area contributed by atoms with Crippen LogP contribution in [0.4, 0.5) is 0 Å². The van der Waals surface area contributed by atoms with Gasteiger partial charge in [-0.2, -0.15) is 0 Å². The van der Waals surface area contributed by atoms with Crippen LogP contribution in [-0.4, -0.2) is 42.3 Å². The van der Waals surface area contributed by atoms with Gasteiger partial charge < -0.3 is 4.90 Å². The zero-order valence-electron chi connectivity index (χ0n) is 12.1. The maximum atomic E-state index is 12.5. The Kier molecular flexibility index (Phi) is 2.85. The number of hydrogen-bond donors (Lipinski definition) is 0. The predicted molar refractivity (Wildman–Crippen MR) is 79.0 cm³/mol. The third-order valence-corrected chi connectivity index (χ3v) is 3.85. The third kappa shape index (κ3) is 2.11. The lowest BCUT2D eigenvalue weighted by molar-refractivity contribution is 0.0727. The summed E-state index contributed by atoms with van der Waals surface area (Å²) in [4.78, 5) is 23.1. The highest BCUT2D eigenvalue weighted by molar-refractivity contribution is 5.92. The molecule has 1 amide bonds. The predicted octanol–water partition coefficient (Wildman–Crippen LogP) is 0.957. The van der Waals surface area contributed by atoms with Gasteiger partial charge in [0, 0.05) is 43.8 Å². The molecule has 3 aromatic heterocycles. The number of rotatable bonds is 1. The molecular formula is C15H14N6O. The Bertz CT molecular complexity index is 871. The fraction of sp³-hybridized carbons (Fsp3) is 0.267. The van der Waals surface area contributed by atoms with Gasteiger partial charge in [-0.1, -0.05) is 5.21 Å². The van der Waals surface area contributed by atoms with E-state index < -0.39 is 0 Å². The lowest BCUT2D eigenvalue weighted by atomic mass is 10.0. The summed E-state index contributed by atoms with van der Waals surface area (Å²) in [6.07, 6.45) is 4.11. The van der Waals surface area contributed by atoms with Crippen molar-refractivity contribution < 1.29 is 4.79 Å². The van der Waals surface area contributed by atoms with Crippen LogP contribution in [0.3, 0.4) is 0 Å². The van der Waals surface area contributed by atoms with Gasteiger partial charge >= 0.3 is 0 Å². The molecule has 0 bridgehead atoms. The Labute approximate surface area is 126 Å². The minimum absolute atomic E-state index is 0.0926. The first-order valence-corrected chi connectivity index (χ1v) is 7.10. The number of carbonyl (C=O) groups is 1. The molecule has 4 heterocycles. The number of carbonyl (C=O) groups excluding carboxylic acids is 1. The van der Waals surface area contributed by atoms with Crippen LogP contribution in [0.5, 0.6) is 0 Å².